The van der Waals surface area contributed by atoms with E-state index in [0.29, 0.717) is 17.0 Å². The van der Waals surface area contributed by atoms with Crippen molar-refractivity contribution < 1.29 is 4.79 Å². The molecule has 0 radical (unpaired) electrons. The van der Waals surface area contributed by atoms with Crippen molar-refractivity contribution >= 4 is 24.1 Å². The van der Waals surface area contributed by atoms with Crippen molar-refractivity contribution in [2.75, 3.05) is 25.0 Å². The van der Waals surface area contributed by atoms with Crippen LogP contribution in [-0.2, 0) is 0 Å². The molecular weight excluding hydrogens is 350 g/mol. The summed E-state index contributed by atoms with van der Waals surface area (Å²) in [7, 11) is 1.73. The number of hydrogen-bond donors (Lipinski definition) is 2. The topological polar surface area (TPSA) is 95.0 Å². The molecule has 0 aliphatic carbocycles. The highest BCUT2D eigenvalue weighted by Crippen LogP contribution is 2.36. The van der Waals surface area contributed by atoms with Crippen LogP contribution in [0.4, 0.5) is 5.69 Å². The first-order valence-corrected chi connectivity index (χ1v) is 9.24. The lowest BCUT2D eigenvalue weighted by Gasteiger charge is -2.36. The molecule has 1 fully saturated rings. The average Bonchev–Trinajstić information content (AvgIpc) is 2.77. The molecule has 6 heteroatoms. The van der Waals surface area contributed by atoms with Crippen molar-refractivity contribution in [1.82, 2.24) is 4.90 Å². The van der Waals surface area contributed by atoms with Gasteiger partial charge < -0.3 is 9.80 Å². The number of carbonyl (C=O) groups is 1. The number of hydrogen-bond acceptors (Lipinski definition) is 5. The van der Waals surface area contributed by atoms with Crippen molar-refractivity contribution in [3.05, 3.63) is 53.6 Å². The highest BCUT2D eigenvalue weighted by Gasteiger charge is 2.27. The molecule has 0 atom stereocenters. The van der Waals surface area contributed by atoms with Gasteiger partial charge in [-0.3, -0.25) is 15.6 Å². The maximum absolute atomic E-state index is 11.2. The van der Waals surface area contributed by atoms with Gasteiger partial charge in [0.2, 0.25) is 0 Å². The Morgan fingerprint density at radius 3 is 2.61 bits per heavy atom. The van der Waals surface area contributed by atoms with E-state index in [1.54, 1.807) is 18.0 Å². The largest absolute Gasteiger partial charge is 0.370 e. The minimum atomic E-state index is 0.110. The predicted octanol–water partition coefficient (Wildman–Crippen LogP) is 3.77. The minimum Gasteiger partial charge on any atom is -0.370 e. The van der Waals surface area contributed by atoms with E-state index in [1.165, 1.54) is 0 Å². The third-order valence-electron chi connectivity index (χ3n) is 5.26. The number of amidine groups is 1. The number of benzene rings is 2. The number of nitrogens with one attached hydrogen (secondary N) is 2. The van der Waals surface area contributed by atoms with Gasteiger partial charge in [0, 0.05) is 37.2 Å². The van der Waals surface area contributed by atoms with Crippen LogP contribution in [0.3, 0.4) is 0 Å². The van der Waals surface area contributed by atoms with E-state index in [9.17, 15) is 10.1 Å². The van der Waals surface area contributed by atoms with E-state index >= 15 is 0 Å². The molecule has 0 saturated carbocycles. The average molecular weight is 373 g/mol. The van der Waals surface area contributed by atoms with Crippen LogP contribution >= 0.6 is 0 Å². The third-order valence-corrected chi connectivity index (χ3v) is 5.26. The molecule has 0 unspecified atom stereocenters. The van der Waals surface area contributed by atoms with Crippen LogP contribution in [0.25, 0.3) is 11.1 Å². The quantitative estimate of drug-likeness (QED) is 0.474. The van der Waals surface area contributed by atoms with Gasteiger partial charge in [-0.25, -0.2) is 0 Å². The Morgan fingerprint density at radius 1 is 1.25 bits per heavy atom. The van der Waals surface area contributed by atoms with E-state index in [-0.39, 0.29) is 5.92 Å². The van der Waals surface area contributed by atoms with E-state index < -0.39 is 0 Å². The fraction of sp³-hybridized carbons (Fsp3) is 0.273. The number of rotatable bonds is 5. The second-order valence-corrected chi connectivity index (χ2v) is 6.94. The van der Waals surface area contributed by atoms with Gasteiger partial charge in [0.15, 0.2) is 0 Å². The molecule has 6 nitrogen and oxygen atoms in total. The molecular formula is C22H23N5O. The molecule has 0 amide bonds. The van der Waals surface area contributed by atoms with E-state index in [0.717, 1.165) is 55.4 Å². The number of carbonyl (C=O) groups excluding carboxylic acids is 1. The summed E-state index contributed by atoms with van der Waals surface area (Å²) < 4.78 is 0. The molecule has 142 valence electrons. The zero-order chi connectivity index (χ0) is 20.1. The molecule has 0 bridgehead atoms. The minimum absolute atomic E-state index is 0.110. The van der Waals surface area contributed by atoms with Crippen LogP contribution in [-0.4, -0.2) is 43.5 Å². The van der Waals surface area contributed by atoms with Crippen molar-refractivity contribution in [2.24, 2.45) is 5.92 Å². The molecule has 1 saturated heterocycles. The van der Waals surface area contributed by atoms with Crippen LogP contribution in [0.15, 0.2) is 42.5 Å². The van der Waals surface area contributed by atoms with Gasteiger partial charge in [0.25, 0.3) is 0 Å². The molecule has 1 aliphatic heterocycles. The molecule has 1 aliphatic rings. The molecule has 2 aromatic rings. The van der Waals surface area contributed by atoms with Crippen LogP contribution in [0, 0.1) is 28.1 Å². The summed E-state index contributed by atoms with van der Waals surface area (Å²) in [4.78, 5) is 14.9. The number of nitrogens with zero attached hydrogens (tertiary/aromatic N) is 3. The van der Waals surface area contributed by atoms with Gasteiger partial charge in [-0.05, 0) is 30.5 Å². The van der Waals surface area contributed by atoms with Crippen molar-refractivity contribution in [2.45, 2.75) is 12.8 Å². The molecule has 2 aromatic carbocycles. The normalized spacial score (nSPS) is 14.2. The maximum atomic E-state index is 11.2. The fourth-order valence-corrected chi connectivity index (χ4v) is 3.72. The highest BCUT2D eigenvalue weighted by atomic mass is 16.1. The molecule has 1 heterocycles. The Balaban J connectivity index is 1.92. The SMILES string of the molecule is CN(C=N)C(=N)C1CCN(c2c(C#N)cccc2-c2cccc(C=O)c2)CC1. The predicted molar refractivity (Wildman–Crippen MR) is 111 cm³/mol. The second kappa shape index (κ2) is 8.49. The summed E-state index contributed by atoms with van der Waals surface area (Å²) in [6.45, 7) is 1.47. The fourth-order valence-electron chi connectivity index (χ4n) is 3.72. The Labute approximate surface area is 165 Å². The van der Waals surface area contributed by atoms with Gasteiger partial charge in [-0.2, -0.15) is 5.26 Å². The Kier molecular flexibility index (Phi) is 5.85. The van der Waals surface area contributed by atoms with Gasteiger partial charge in [-0.15, -0.1) is 0 Å². The standard InChI is InChI=1S/C22H23N5O/c1-26(15-24)22(25)17-8-10-27(11-9-17)21-19(13-23)6-3-7-20(21)18-5-2-4-16(12-18)14-28/h2-7,12,14-15,17,24-25H,8-11H2,1H3. The van der Waals surface area contributed by atoms with Gasteiger partial charge in [0.05, 0.1) is 17.6 Å². The Morgan fingerprint density at radius 2 is 1.96 bits per heavy atom. The maximum Gasteiger partial charge on any atom is 0.150 e. The Hall–Kier alpha value is -3.46. The summed E-state index contributed by atoms with van der Waals surface area (Å²) in [5.41, 5.74) is 3.95. The van der Waals surface area contributed by atoms with Crippen molar-refractivity contribution in [1.29, 1.82) is 16.1 Å². The van der Waals surface area contributed by atoms with Crippen LogP contribution in [0.5, 0.6) is 0 Å². The lowest BCUT2D eigenvalue weighted by molar-refractivity contribution is 0.112. The molecule has 3 rings (SSSR count). The summed E-state index contributed by atoms with van der Waals surface area (Å²) in [6, 6.07) is 15.4. The first kappa shape index (κ1) is 19.3. The smallest absolute Gasteiger partial charge is 0.150 e. The third kappa shape index (κ3) is 3.79. The first-order valence-electron chi connectivity index (χ1n) is 9.24. The van der Waals surface area contributed by atoms with E-state index in [1.807, 2.05) is 36.4 Å². The van der Waals surface area contributed by atoms with Gasteiger partial charge in [0.1, 0.15) is 18.2 Å². The number of piperidine rings is 1. The van der Waals surface area contributed by atoms with Crippen LogP contribution < -0.4 is 4.90 Å². The Bertz CT molecular complexity index is 938. The lowest BCUT2D eigenvalue weighted by Crippen LogP contribution is -2.41. The number of para-hydroxylation sites is 1. The lowest BCUT2D eigenvalue weighted by atomic mass is 9.92. The van der Waals surface area contributed by atoms with E-state index in [2.05, 4.69) is 11.0 Å². The van der Waals surface area contributed by atoms with Gasteiger partial charge in [-0.1, -0.05) is 30.3 Å². The molecule has 2 N–H and O–H groups in total. The molecule has 28 heavy (non-hydrogen) atoms. The highest BCUT2D eigenvalue weighted by molar-refractivity contribution is 5.91. The van der Waals surface area contributed by atoms with Crippen molar-refractivity contribution in [3.63, 3.8) is 0 Å². The monoisotopic (exact) mass is 373 g/mol. The summed E-state index contributed by atoms with van der Waals surface area (Å²) in [5, 5.41) is 25.2. The van der Waals surface area contributed by atoms with Crippen LogP contribution in [0.1, 0.15) is 28.8 Å². The summed E-state index contributed by atoms with van der Waals surface area (Å²) in [6.07, 6.45) is 3.58. The van der Waals surface area contributed by atoms with Crippen LogP contribution in [0.2, 0.25) is 0 Å². The molecule has 0 spiro atoms. The zero-order valence-corrected chi connectivity index (χ0v) is 15.9. The van der Waals surface area contributed by atoms with E-state index in [4.69, 9.17) is 10.8 Å². The summed E-state index contributed by atoms with van der Waals surface area (Å²) >= 11 is 0. The van der Waals surface area contributed by atoms with Gasteiger partial charge >= 0.3 is 0 Å². The second-order valence-electron chi connectivity index (χ2n) is 6.94. The number of aldehydes is 1. The number of nitriles is 1. The number of anilines is 1. The summed E-state index contributed by atoms with van der Waals surface area (Å²) in [5.74, 6) is 0.570. The molecule has 0 aromatic heterocycles. The zero-order valence-electron chi connectivity index (χ0n) is 15.9. The first-order chi connectivity index (χ1) is 13.6. The van der Waals surface area contributed by atoms with Crippen molar-refractivity contribution in [3.8, 4) is 17.2 Å².